The topological polar surface area (TPSA) is 84.3 Å². The summed E-state index contributed by atoms with van der Waals surface area (Å²) in [5.74, 6) is 1.06. The van der Waals surface area contributed by atoms with Crippen LogP contribution in [-0.2, 0) is 0 Å². The first-order valence-electron chi connectivity index (χ1n) is 10.3. The van der Waals surface area contributed by atoms with E-state index in [0.717, 1.165) is 36.1 Å². The molecule has 31 heavy (non-hydrogen) atoms. The minimum absolute atomic E-state index is 0.0504. The number of hydrogen-bond donors (Lipinski definition) is 0. The van der Waals surface area contributed by atoms with Crippen molar-refractivity contribution in [2.45, 2.75) is 25.3 Å². The largest absolute Gasteiger partial charge is 0.481 e. The van der Waals surface area contributed by atoms with Crippen molar-refractivity contribution in [3.63, 3.8) is 0 Å². The number of piperidine rings is 1. The Morgan fingerprint density at radius 1 is 1.10 bits per heavy atom. The van der Waals surface area contributed by atoms with E-state index in [1.165, 1.54) is 0 Å². The van der Waals surface area contributed by atoms with Crippen LogP contribution in [0.15, 0.2) is 49.1 Å². The summed E-state index contributed by atoms with van der Waals surface area (Å²) in [6.45, 7) is 0.673. The quantitative estimate of drug-likeness (QED) is 0.628. The Balaban J connectivity index is 1.76. The first-order valence-corrected chi connectivity index (χ1v) is 10.3. The van der Waals surface area contributed by atoms with Crippen molar-refractivity contribution >= 4 is 11.9 Å². The molecule has 4 heterocycles. The fourth-order valence-corrected chi connectivity index (χ4v) is 3.86. The predicted octanol–water partition coefficient (Wildman–Crippen LogP) is 3.38. The minimum atomic E-state index is -0.145. The highest BCUT2D eigenvalue weighted by atomic mass is 16.5. The predicted molar refractivity (Wildman–Crippen MR) is 118 cm³/mol. The van der Waals surface area contributed by atoms with Crippen LogP contribution in [0.5, 0.6) is 5.88 Å². The molecule has 0 radical (unpaired) electrons. The number of ether oxygens (including phenoxy) is 1. The van der Waals surface area contributed by atoms with Crippen LogP contribution in [0.1, 0.15) is 41.4 Å². The molecule has 0 unspecified atom stereocenters. The van der Waals surface area contributed by atoms with Crippen molar-refractivity contribution in [3.8, 4) is 17.0 Å². The number of likely N-dealkylation sites (tertiary alicyclic amines) is 1. The fourth-order valence-electron chi connectivity index (χ4n) is 3.86. The number of rotatable bonds is 5. The summed E-state index contributed by atoms with van der Waals surface area (Å²) in [4.78, 5) is 35.0. The van der Waals surface area contributed by atoms with E-state index in [1.54, 1.807) is 37.8 Å². The highest BCUT2D eigenvalue weighted by molar-refractivity contribution is 5.94. The van der Waals surface area contributed by atoms with Crippen LogP contribution >= 0.6 is 0 Å². The fraction of sp³-hybridized carbons (Fsp3) is 0.348. The summed E-state index contributed by atoms with van der Waals surface area (Å²) < 4.78 is 5.12. The molecule has 8 nitrogen and oxygen atoms in total. The Morgan fingerprint density at radius 3 is 2.58 bits per heavy atom. The van der Waals surface area contributed by atoms with Crippen LogP contribution in [0.3, 0.4) is 0 Å². The van der Waals surface area contributed by atoms with E-state index >= 15 is 0 Å². The molecule has 8 heteroatoms. The zero-order valence-electron chi connectivity index (χ0n) is 18.0. The Hall–Kier alpha value is -3.55. The number of amides is 1. The van der Waals surface area contributed by atoms with Gasteiger partial charge >= 0.3 is 0 Å². The highest BCUT2D eigenvalue weighted by Gasteiger charge is 2.32. The molecular weight excluding hydrogens is 392 g/mol. The molecule has 0 saturated carbocycles. The summed E-state index contributed by atoms with van der Waals surface area (Å²) in [6.07, 6.45) is 9.77. The summed E-state index contributed by atoms with van der Waals surface area (Å²) >= 11 is 0. The van der Waals surface area contributed by atoms with Crippen LogP contribution in [0, 0.1) is 0 Å². The van der Waals surface area contributed by atoms with E-state index < -0.39 is 0 Å². The lowest BCUT2D eigenvalue weighted by Crippen LogP contribution is -2.39. The van der Waals surface area contributed by atoms with Crippen molar-refractivity contribution in [2.24, 2.45) is 0 Å². The Kier molecular flexibility index (Phi) is 6.06. The van der Waals surface area contributed by atoms with Crippen molar-refractivity contribution in [1.82, 2.24) is 24.8 Å². The van der Waals surface area contributed by atoms with Crippen molar-refractivity contribution in [3.05, 3.63) is 60.3 Å². The second-order valence-electron chi connectivity index (χ2n) is 7.70. The van der Waals surface area contributed by atoms with E-state index in [-0.39, 0.29) is 11.9 Å². The number of anilines is 1. The van der Waals surface area contributed by atoms with Crippen LogP contribution in [0.4, 0.5) is 5.95 Å². The van der Waals surface area contributed by atoms with Crippen LogP contribution in [-0.4, -0.2) is 58.5 Å². The van der Waals surface area contributed by atoms with Gasteiger partial charge in [-0.1, -0.05) is 0 Å². The van der Waals surface area contributed by atoms with E-state index in [1.807, 2.05) is 42.2 Å². The van der Waals surface area contributed by atoms with Gasteiger partial charge in [0.2, 0.25) is 11.8 Å². The molecule has 1 fully saturated rings. The zero-order chi connectivity index (χ0) is 21.8. The number of methoxy groups -OCH3 is 1. The third-order valence-corrected chi connectivity index (χ3v) is 5.47. The third kappa shape index (κ3) is 4.33. The van der Waals surface area contributed by atoms with Gasteiger partial charge in [0.25, 0.3) is 5.91 Å². The maximum Gasteiger partial charge on any atom is 0.255 e. The van der Waals surface area contributed by atoms with Gasteiger partial charge in [0.15, 0.2) is 0 Å². The molecule has 0 aromatic carbocycles. The van der Waals surface area contributed by atoms with Crippen molar-refractivity contribution in [2.75, 3.05) is 32.6 Å². The SMILES string of the molecule is COc1ccc(C(=O)N2CCCC[C@@H]2c2nc(N(C)C)ncc2-c2ccncc2)cn1. The minimum Gasteiger partial charge on any atom is -0.481 e. The van der Waals surface area contributed by atoms with Crippen LogP contribution in [0.2, 0.25) is 0 Å². The van der Waals surface area contributed by atoms with Crippen molar-refractivity contribution in [1.29, 1.82) is 0 Å². The number of hydrogen-bond acceptors (Lipinski definition) is 7. The monoisotopic (exact) mass is 418 g/mol. The summed E-state index contributed by atoms with van der Waals surface area (Å²) in [5.41, 5.74) is 3.31. The molecule has 160 valence electrons. The number of pyridine rings is 2. The maximum atomic E-state index is 13.4. The smallest absolute Gasteiger partial charge is 0.255 e. The molecular formula is C23H26N6O2. The molecule has 1 aliphatic heterocycles. The molecule has 1 aliphatic rings. The molecule has 0 spiro atoms. The van der Waals surface area contributed by atoms with Gasteiger partial charge in [-0.25, -0.2) is 15.0 Å². The lowest BCUT2D eigenvalue weighted by molar-refractivity contribution is 0.0606. The third-order valence-electron chi connectivity index (χ3n) is 5.47. The average Bonchev–Trinajstić information content (AvgIpc) is 2.83. The standard InChI is InChI=1S/C23H26N6O2/c1-28(2)23-26-15-18(16-9-11-24-12-10-16)21(27-23)19-6-4-5-13-29(19)22(30)17-7-8-20(31-3)25-14-17/h7-12,14-15,19H,4-6,13H2,1-3H3/t19-/m1/s1. The van der Waals surface area contributed by atoms with Gasteiger partial charge in [0.1, 0.15) is 0 Å². The van der Waals surface area contributed by atoms with Gasteiger partial charge < -0.3 is 14.5 Å². The van der Waals surface area contributed by atoms with Gasteiger partial charge in [0, 0.05) is 57.1 Å². The van der Waals surface area contributed by atoms with Crippen LogP contribution < -0.4 is 9.64 Å². The molecule has 1 atom stereocenters. The maximum absolute atomic E-state index is 13.4. The first kappa shape index (κ1) is 20.7. The first-order chi connectivity index (χ1) is 15.1. The lowest BCUT2D eigenvalue weighted by Gasteiger charge is -2.36. The second-order valence-corrected chi connectivity index (χ2v) is 7.70. The van der Waals surface area contributed by atoms with Gasteiger partial charge in [-0.05, 0) is 43.0 Å². The normalized spacial score (nSPS) is 16.1. The molecule has 0 N–H and O–H groups in total. The van der Waals surface area contributed by atoms with Gasteiger partial charge in [0.05, 0.1) is 24.4 Å². The molecule has 3 aromatic rings. The van der Waals surface area contributed by atoms with E-state index in [2.05, 4.69) is 15.0 Å². The molecule has 0 bridgehead atoms. The Labute approximate surface area is 181 Å². The van der Waals surface area contributed by atoms with E-state index in [0.29, 0.717) is 23.9 Å². The Morgan fingerprint density at radius 2 is 1.90 bits per heavy atom. The molecule has 4 rings (SSSR count). The van der Waals surface area contributed by atoms with E-state index in [4.69, 9.17) is 9.72 Å². The zero-order valence-corrected chi connectivity index (χ0v) is 18.0. The van der Waals surface area contributed by atoms with Gasteiger partial charge in [-0.15, -0.1) is 0 Å². The molecule has 3 aromatic heterocycles. The summed E-state index contributed by atoms with van der Waals surface area (Å²) in [6, 6.07) is 7.21. The van der Waals surface area contributed by atoms with Gasteiger partial charge in [-0.2, -0.15) is 0 Å². The highest BCUT2D eigenvalue weighted by Crippen LogP contribution is 2.37. The number of aromatic nitrogens is 4. The number of nitrogens with zero attached hydrogens (tertiary/aromatic N) is 6. The number of carbonyl (C=O) groups excluding carboxylic acids is 1. The van der Waals surface area contributed by atoms with Gasteiger partial charge in [-0.3, -0.25) is 9.78 Å². The number of carbonyl (C=O) groups is 1. The van der Waals surface area contributed by atoms with E-state index in [9.17, 15) is 4.79 Å². The molecule has 1 saturated heterocycles. The molecule has 1 amide bonds. The second kappa shape index (κ2) is 9.07. The summed E-state index contributed by atoms with van der Waals surface area (Å²) in [7, 11) is 5.39. The summed E-state index contributed by atoms with van der Waals surface area (Å²) in [5, 5.41) is 0. The Bertz CT molecular complexity index is 1040. The van der Waals surface area contributed by atoms with Crippen LogP contribution in [0.25, 0.3) is 11.1 Å². The lowest BCUT2D eigenvalue weighted by atomic mass is 9.93. The average molecular weight is 419 g/mol. The van der Waals surface area contributed by atoms with Crippen molar-refractivity contribution < 1.29 is 9.53 Å². The molecule has 0 aliphatic carbocycles.